The fourth-order valence-electron chi connectivity index (χ4n) is 3.74. The summed E-state index contributed by atoms with van der Waals surface area (Å²) in [5.41, 5.74) is 3.76. The van der Waals surface area contributed by atoms with Gasteiger partial charge in [-0.3, -0.25) is 9.00 Å². The molecule has 3 rings (SSSR count). The van der Waals surface area contributed by atoms with Crippen molar-refractivity contribution in [3.8, 4) is 5.75 Å². The standard InChI is InChI=1S/C26H29NO5S/c1-5-33(30)25-9-7-6-8-22(25)26(29)32-17-24(28)23-16-18(2)27(19(23)3)15-14-20-10-12-21(31-4)13-11-20/h6-13,16H,5,14-15,17H2,1-4H3. The average Bonchev–Trinajstić information content (AvgIpc) is 3.13. The van der Waals surface area contributed by atoms with E-state index < -0.39 is 16.8 Å². The molecular weight excluding hydrogens is 438 g/mol. The zero-order valence-electron chi connectivity index (χ0n) is 19.4. The number of ether oxygens (including phenoxy) is 2. The van der Waals surface area contributed by atoms with Crippen molar-refractivity contribution in [3.63, 3.8) is 0 Å². The van der Waals surface area contributed by atoms with Crippen molar-refractivity contribution in [2.45, 2.75) is 38.6 Å². The van der Waals surface area contributed by atoms with Crippen LogP contribution in [-0.2, 0) is 28.5 Å². The van der Waals surface area contributed by atoms with Gasteiger partial charge in [-0.15, -0.1) is 0 Å². The van der Waals surface area contributed by atoms with Gasteiger partial charge >= 0.3 is 5.97 Å². The number of aryl methyl sites for hydroxylation is 2. The lowest BCUT2D eigenvalue weighted by molar-refractivity contribution is 0.0471. The Kier molecular flexibility index (Phi) is 8.22. The number of ketones is 1. The van der Waals surface area contributed by atoms with Crippen LogP contribution in [0, 0.1) is 13.8 Å². The van der Waals surface area contributed by atoms with E-state index in [1.165, 1.54) is 5.56 Å². The Balaban J connectivity index is 1.66. The van der Waals surface area contributed by atoms with Crippen LogP contribution >= 0.6 is 0 Å². The predicted molar refractivity (Wildman–Crippen MR) is 129 cm³/mol. The van der Waals surface area contributed by atoms with Crippen LogP contribution in [0.4, 0.5) is 0 Å². The molecule has 3 aromatic rings. The molecule has 0 saturated carbocycles. The Hall–Kier alpha value is -3.19. The molecule has 174 valence electrons. The van der Waals surface area contributed by atoms with Gasteiger partial charge in [-0.2, -0.15) is 0 Å². The fourth-order valence-corrected chi connectivity index (χ4v) is 4.67. The summed E-state index contributed by atoms with van der Waals surface area (Å²) < 4.78 is 24.8. The summed E-state index contributed by atoms with van der Waals surface area (Å²) in [4.78, 5) is 25.8. The molecule has 7 heteroatoms. The molecule has 1 aromatic heterocycles. The van der Waals surface area contributed by atoms with E-state index >= 15 is 0 Å². The molecule has 1 atom stereocenters. The van der Waals surface area contributed by atoms with E-state index in [-0.39, 0.29) is 18.0 Å². The molecule has 0 spiro atoms. The maximum atomic E-state index is 12.8. The number of hydrogen-bond acceptors (Lipinski definition) is 5. The molecule has 0 N–H and O–H groups in total. The monoisotopic (exact) mass is 467 g/mol. The summed E-state index contributed by atoms with van der Waals surface area (Å²) in [6.07, 6.45) is 0.814. The van der Waals surface area contributed by atoms with Gasteiger partial charge in [-0.25, -0.2) is 4.79 Å². The first-order valence-electron chi connectivity index (χ1n) is 10.8. The Labute approximate surface area is 197 Å². The average molecular weight is 468 g/mol. The lowest BCUT2D eigenvalue weighted by Gasteiger charge is -2.11. The van der Waals surface area contributed by atoms with Gasteiger partial charge in [0.15, 0.2) is 6.61 Å². The number of hydrogen-bond donors (Lipinski definition) is 0. The van der Waals surface area contributed by atoms with E-state index in [4.69, 9.17) is 9.47 Å². The summed E-state index contributed by atoms with van der Waals surface area (Å²) in [6.45, 7) is 6.00. The van der Waals surface area contributed by atoms with Crippen molar-refractivity contribution in [2.75, 3.05) is 19.5 Å². The summed E-state index contributed by atoms with van der Waals surface area (Å²) in [5.74, 6) is 0.305. The van der Waals surface area contributed by atoms with E-state index in [0.717, 1.165) is 30.1 Å². The minimum Gasteiger partial charge on any atom is -0.497 e. The SMILES string of the molecule is CCS(=O)c1ccccc1C(=O)OCC(=O)c1cc(C)n(CCc2ccc(OC)cc2)c1C. The topological polar surface area (TPSA) is 74.6 Å². The second-order valence-corrected chi connectivity index (χ2v) is 9.37. The van der Waals surface area contributed by atoms with E-state index in [1.807, 2.05) is 44.2 Å². The summed E-state index contributed by atoms with van der Waals surface area (Å²) in [7, 11) is 0.349. The smallest absolute Gasteiger partial charge is 0.339 e. The molecule has 1 heterocycles. The van der Waals surface area contributed by atoms with E-state index in [2.05, 4.69) is 4.57 Å². The van der Waals surface area contributed by atoms with E-state index in [9.17, 15) is 13.8 Å². The van der Waals surface area contributed by atoms with Gasteiger partial charge in [-0.05, 0) is 56.2 Å². The van der Waals surface area contributed by atoms with Crippen LogP contribution in [0.3, 0.4) is 0 Å². The van der Waals surface area contributed by atoms with Crippen molar-refractivity contribution >= 4 is 22.6 Å². The van der Waals surface area contributed by atoms with Crippen molar-refractivity contribution in [1.29, 1.82) is 0 Å². The highest BCUT2D eigenvalue weighted by Crippen LogP contribution is 2.19. The van der Waals surface area contributed by atoms with E-state index in [0.29, 0.717) is 16.2 Å². The first kappa shape index (κ1) is 24.5. The molecule has 0 saturated heterocycles. The Morgan fingerprint density at radius 1 is 1.00 bits per heavy atom. The van der Waals surface area contributed by atoms with Crippen molar-refractivity contribution < 1.29 is 23.3 Å². The van der Waals surface area contributed by atoms with Gasteiger partial charge in [0.2, 0.25) is 5.78 Å². The summed E-state index contributed by atoms with van der Waals surface area (Å²) >= 11 is 0. The van der Waals surface area contributed by atoms with Gasteiger partial charge in [0.05, 0.1) is 28.4 Å². The zero-order chi connectivity index (χ0) is 24.0. The quantitative estimate of drug-likeness (QED) is 0.324. The molecule has 0 bridgehead atoms. The van der Waals surface area contributed by atoms with Crippen LogP contribution in [0.5, 0.6) is 5.75 Å². The number of methoxy groups -OCH3 is 1. The lowest BCUT2D eigenvalue weighted by atomic mass is 10.1. The Bertz CT molecular complexity index is 1160. The van der Waals surface area contributed by atoms with Gasteiger partial charge in [0.1, 0.15) is 5.75 Å². The van der Waals surface area contributed by atoms with Crippen LogP contribution in [0.15, 0.2) is 59.5 Å². The largest absolute Gasteiger partial charge is 0.497 e. The first-order chi connectivity index (χ1) is 15.8. The van der Waals surface area contributed by atoms with Gasteiger partial charge < -0.3 is 14.0 Å². The second-order valence-electron chi connectivity index (χ2n) is 7.66. The van der Waals surface area contributed by atoms with Gasteiger partial charge in [0, 0.05) is 29.2 Å². The van der Waals surface area contributed by atoms with Crippen LogP contribution in [0.25, 0.3) is 0 Å². The number of Topliss-reactive ketones (excluding diaryl/α,β-unsaturated/α-hetero) is 1. The van der Waals surface area contributed by atoms with Crippen molar-refractivity contribution in [2.24, 2.45) is 0 Å². The minimum absolute atomic E-state index is 0.232. The molecule has 6 nitrogen and oxygen atoms in total. The second kappa shape index (κ2) is 11.1. The lowest BCUT2D eigenvalue weighted by Crippen LogP contribution is -2.16. The highest BCUT2D eigenvalue weighted by Gasteiger charge is 2.20. The molecule has 0 aliphatic heterocycles. The number of aromatic nitrogens is 1. The summed E-state index contributed by atoms with van der Waals surface area (Å²) in [6, 6.07) is 16.4. The third-order valence-corrected chi connectivity index (χ3v) is 6.98. The molecule has 0 amide bonds. The maximum Gasteiger partial charge on any atom is 0.339 e. The predicted octanol–water partition coefficient (Wildman–Crippen LogP) is 4.52. The van der Waals surface area contributed by atoms with Crippen molar-refractivity contribution in [3.05, 3.63) is 82.7 Å². The molecule has 0 radical (unpaired) electrons. The first-order valence-corrected chi connectivity index (χ1v) is 12.1. The molecule has 0 fully saturated rings. The number of benzene rings is 2. The number of nitrogens with zero attached hydrogens (tertiary/aromatic N) is 1. The molecular formula is C26H29NO5S. The molecule has 1 unspecified atom stereocenters. The third-order valence-electron chi connectivity index (χ3n) is 5.61. The minimum atomic E-state index is -1.29. The normalized spacial score (nSPS) is 11.8. The highest BCUT2D eigenvalue weighted by molar-refractivity contribution is 7.85. The van der Waals surface area contributed by atoms with Gasteiger partial charge in [-0.1, -0.05) is 31.2 Å². The molecule has 33 heavy (non-hydrogen) atoms. The van der Waals surface area contributed by atoms with Crippen LogP contribution < -0.4 is 4.74 Å². The van der Waals surface area contributed by atoms with Crippen molar-refractivity contribution in [1.82, 2.24) is 4.57 Å². The third kappa shape index (κ3) is 5.79. The molecule has 2 aromatic carbocycles. The number of carbonyl (C=O) groups is 2. The Morgan fingerprint density at radius 3 is 2.36 bits per heavy atom. The number of rotatable bonds is 10. The maximum absolute atomic E-state index is 12.8. The van der Waals surface area contributed by atoms with Gasteiger partial charge in [0.25, 0.3) is 0 Å². The van der Waals surface area contributed by atoms with Crippen LogP contribution in [0.1, 0.15) is 44.6 Å². The van der Waals surface area contributed by atoms with Crippen LogP contribution in [0.2, 0.25) is 0 Å². The zero-order valence-corrected chi connectivity index (χ0v) is 20.2. The van der Waals surface area contributed by atoms with E-state index in [1.54, 1.807) is 38.3 Å². The summed E-state index contributed by atoms with van der Waals surface area (Å²) in [5, 5.41) is 0. The molecule has 0 aliphatic carbocycles. The molecule has 0 aliphatic rings. The Morgan fingerprint density at radius 2 is 1.70 bits per heavy atom. The fraction of sp³-hybridized carbons (Fsp3) is 0.308. The number of esters is 1. The number of carbonyl (C=O) groups excluding carboxylic acids is 2. The highest BCUT2D eigenvalue weighted by atomic mass is 32.2. The van der Waals surface area contributed by atoms with Crippen LogP contribution in [-0.4, -0.2) is 40.0 Å².